The molecule has 0 aromatic rings. The average Bonchev–Trinajstić information content (AvgIpc) is 0.752. The Morgan fingerprint density at radius 1 is 0.297 bits per heavy atom. The fraction of sp³-hybridized carbons (Fsp3) is 0.952. The number of aliphatic hydroxyl groups is 21. The van der Waals surface area contributed by atoms with Gasteiger partial charge in [0.05, 0.1) is 106 Å². The predicted molar refractivity (Wildman–Crippen MR) is 427 cm³/mol. The van der Waals surface area contributed by atoms with Crippen molar-refractivity contribution < 1.29 is 221 Å². The Labute approximate surface area is 742 Å². The van der Waals surface area contributed by atoms with Crippen molar-refractivity contribution in [1.29, 1.82) is 0 Å². The summed E-state index contributed by atoms with van der Waals surface area (Å²) in [7, 11) is 1.19. The van der Waals surface area contributed by atoms with E-state index in [9.17, 15) is 122 Å². The lowest BCUT2D eigenvalue weighted by Gasteiger charge is -2.52. The van der Waals surface area contributed by atoms with Gasteiger partial charge in [0.15, 0.2) is 68.6 Å². The molecule has 8 fully saturated rings. The van der Waals surface area contributed by atoms with Crippen LogP contribution in [-0.4, -0.2) is 434 Å². The fourth-order valence-electron chi connectivity index (χ4n) is 16.5. The summed E-state index contributed by atoms with van der Waals surface area (Å²) in [5.41, 5.74) is 0. The number of aliphatic hydroxyl groups excluding tert-OH is 21. The van der Waals surface area contributed by atoms with E-state index in [2.05, 4.69) is 0 Å². The smallest absolute Gasteiger partial charge is 0.311 e. The van der Waals surface area contributed by atoms with E-state index in [4.69, 9.17) is 94.7 Å². The molecule has 0 bridgehead atoms. The maximum Gasteiger partial charge on any atom is 0.311 e. The first-order valence-electron chi connectivity index (χ1n) is 44.8. The predicted octanol–water partition coefficient (Wildman–Crippen LogP) is -5.67. The van der Waals surface area contributed by atoms with Crippen LogP contribution in [0.25, 0.3) is 0 Å². The van der Waals surface area contributed by atoms with Crippen molar-refractivity contribution in [2.24, 2.45) is 11.8 Å². The van der Waals surface area contributed by atoms with Gasteiger partial charge >= 0.3 is 23.9 Å². The van der Waals surface area contributed by atoms with Crippen molar-refractivity contribution >= 4 is 23.9 Å². The highest BCUT2D eigenvalue weighted by Gasteiger charge is 2.61. The van der Waals surface area contributed by atoms with E-state index in [0.29, 0.717) is 77.0 Å². The Morgan fingerprint density at radius 2 is 0.609 bits per heavy atom. The highest BCUT2D eigenvalue weighted by molar-refractivity contribution is 5.73. The molecule has 45 nitrogen and oxygen atoms in total. The SMILES string of the molecule is CCC[C@@H](CCCCCC(=O)O[C@H]1[C@H](O[C@H]2[C@H](O[C@H]3[C@H](O[C@@H](CCC)CCCCCCC[C@@H](CC(=O)OC)O[C@@H]4O[C@H](CO)[C@@H](O)[C@H](O)[C@H]4O)O[C@H](C)[C@H](O)[C@@H]3O)O[C@H](CO)[C@@H](O)[C@@H]2O)O[C@@H](C)[C@H](O[C@@H]2O[C@H](C)[C@@H](OC(=O)[C@H](C)[C@@H](C)O)[C@H](O)[C@H]2O)[C@H]1O[C@@H]1O[C@H](CO)[C@@H](O)[C@H](O)[C@H]1O[C@@H]1O[C@H](C)[C@@H](OC(=O)[C@H](C)[C@@H](C)O)[C@H](O)[C@H]1O)O[C@@H]1O[C@H](C)[C@@H](O)[C@H](O)[C@H]1O. The standard InChI is InChI=1S/C83H144O45/c1-13-23-42(115-76-62(103)55(96)50(91)37(7)110-76)26-21-18-22-28-48(89)121-73-72(128-82-70(58(99)53(94)47(32-86)120-82)125-78-65(106)61(102)67(40(10)113-78)123-75(108)34(4)36(6)88)68(124-77-64(105)60(101)66(39(9)112-77)122-74(107)33(3)35(5)87)41(11)114-83(73)127-71-59(100)54(95)46(31-85)119-81(71)126-69-57(98)51(92)38(8)111-80(69)116-43(24-14-2)25-19-16-15-17-20-27-44(29-49(90)109-12)117-79-63(104)56(97)52(93)45(30-84)118-79/h33-47,50-73,76-88,91-106H,13-32H2,1-12H3/t33-,34-,35-,36-,37-,38-,39-,40-,41+,42+,43+,44+,45-,46-,47-,50-,51+,52-,53-,54-,55+,56+,57+,58+,59+,60-,61-,62-,63-,64-,65-,66-,67-,68+,69-,70-,71-,72-,73-,76+,77+,78+,79-,80+,81+,82+,83+/m1/s1. The van der Waals surface area contributed by atoms with Gasteiger partial charge in [0.2, 0.25) is 0 Å². The van der Waals surface area contributed by atoms with Gasteiger partial charge in [-0.25, -0.2) is 0 Å². The molecular formula is C83H144O45. The summed E-state index contributed by atoms with van der Waals surface area (Å²) < 4.78 is 123. The molecule has 8 aliphatic heterocycles. The topological polar surface area (TPSA) is 678 Å². The fourth-order valence-corrected chi connectivity index (χ4v) is 16.5. The maximum atomic E-state index is 15.1. The highest BCUT2D eigenvalue weighted by atomic mass is 16.8. The molecule has 45 heteroatoms. The average molecular weight is 1860 g/mol. The van der Waals surface area contributed by atoms with Crippen LogP contribution in [-0.2, 0) is 114 Å². The zero-order valence-corrected chi connectivity index (χ0v) is 74.5. The van der Waals surface area contributed by atoms with Gasteiger partial charge in [-0.1, -0.05) is 71.6 Å². The number of carbonyl (C=O) groups excluding carboxylic acids is 4. The monoisotopic (exact) mass is 1860 g/mol. The molecule has 21 N–H and O–H groups in total. The van der Waals surface area contributed by atoms with Gasteiger partial charge < -0.3 is 202 Å². The van der Waals surface area contributed by atoms with Crippen LogP contribution in [0.5, 0.6) is 0 Å². The second-order valence-corrected chi connectivity index (χ2v) is 35.0. The number of hydrogen-bond acceptors (Lipinski definition) is 45. The Bertz CT molecular complexity index is 3250. The number of hydrogen-bond donors (Lipinski definition) is 21. The molecule has 0 aliphatic carbocycles. The Hall–Kier alpha value is -3.60. The largest absolute Gasteiger partial charge is 0.469 e. The molecule has 8 rings (SSSR count). The summed E-state index contributed by atoms with van der Waals surface area (Å²) >= 11 is 0. The van der Waals surface area contributed by atoms with Gasteiger partial charge in [-0.3, -0.25) is 19.2 Å². The van der Waals surface area contributed by atoms with Crippen LogP contribution in [0.4, 0.5) is 0 Å². The number of rotatable bonds is 46. The van der Waals surface area contributed by atoms with Gasteiger partial charge in [-0.15, -0.1) is 0 Å². The first kappa shape index (κ1) is 110. The molecule has 0 unspecified atom stereocenters. The first-order chi connectivity index (χ1) is 60.6. The summed E-state index contributed by atoms with van der Waals surface area (Å²) in [4.78, 5) is 54.0. The highest BCUT2D eigenvalue weighted by Crippen LogP contribution is 2.42. The Morgan fingerprint density at radius 3 is 1.06 bits per heavy atom. The van der Waals surface area contributed by atoms with E-state index in [1.807, 2.05) is 13.8 Å². The molecule has 0 spiro atoms. The molecule has 8 saturated heterocycles. The Balaban J connectivity index is 1.13. The zero-order chi connectivity index (χ0) is 94.7. The summed E-state index contributed by atoms with van der Waals surface area (Å²) in [5.74, 6) is -6.03. The quantitative estimate of drug-likeness (QED) is 0.0153. The van der Waals surface area contributed by atoms with Crippen LogP contribution in [0.2, 0.25) is 0 Å². The summed E-state index contributed by atoms with van der Waals surface area (Å²) in [6.07, 6.45) is -71.8. The van der Waals surface area contributed by atoms with Gasteiger partial charge in [0.25, 0.3) is 0 Å². The molecule has 0 saturated carbocycles. The van der Waals surface area contributed by atoms with E-state index in [-0.39, 0.29) is 25.7 Å². The number of carbonyl (C=O) groups is 4. The van der Waals surface area contributed by atoms with Crippen LogP contribution in [0.15, 0.2) is 0 Å². The van der Waals surface area contributed by atoms with Crippen molar-refractivity contribution in [3.05, 3.63) is 0 Å². The molecule has 8 aliphatic rings. The van der Waals surface area contributed by atoms with E-state index in [1.54, 1.807) is 0 Å². The van der Waals surface area contributed by atoms with Crippen molar-refractivity contribution in [2.75, 3.05) is 26.9 Å². The van der Waals surface area contributed by atoms with Crippen LogP contribution in [0, 0.1) is 11.8 Å². The normalized spacial score (nSPS) is 42.5. The van der Waals surface area contributed by atoms with Gasteiger partial charge in [-0.2, -0.15) is 0 Å². The summed E-state index contributed by atoms with van der Waals surface area (Å²) in [5, 5.41) is 234. The number of ether oxygens (including phenoxy) is 20. The van der Waals surface area contributed by atoms with E-state index in [0.717, 1.165) is 0 Å². The van der Waals surface area contributed by atoms with Crippen LogP contribution < -0.4 is 0 Å². The van der Waals surface area contributed by atoms with E-state index >= 15 is 4.79 Å². The molecule has 0 aromatic heterocycles. The minimum atomic E-state index is -2.28. The van der Waals surface area contributed by atoms with E-state index in [1.165, 1.54) is 69.4 Å². The number of unbranched alkanes of at least 4 members (excludes halogenated alkanes) is 6. The van der Waals surface area contributed by atoms with Crippen LogP contribution >= 0.6 is 0 Å². The van der Waals surface area contributed by atoms with Crippen molar-refractivity contribution in [1.82, 2.24) is 0 Å². The molecule has 128 heavy (non-hydrogen) atoms. The lowest BCUT2D eigenvalue weighted by atomic mass is 9.95. The molecule has 0 aromatic carbocycles. The molecule has 0 amide bonds. The lowest BCUT2D eigenvalue weighted by molar-refractivity contribution is -0.414. The van der Waals surface area contributed by atoms with Gasteiger partial charge in [0.1, 0.15) is 146 Å². The molecule has 746 valence electrons. The third kappa shape index (κ3) is 28.3. The van der Waals surface area contributed by atoms with Crippen LogP contribution in [0.1, 0.15) is 185 Å². The van der Waals surface area contributed by atoms with Crippen LogP contribution in [0.3, 0.4) is 0 Å². The molecule has 8 heterocycles. The van der Waals surface area contributed by atoms with Gasteiger partial charge in [0, 0.05) is 6.42 Å². The first-order valence-corrected chi connectivity index (χ1v) is 44.8. The molecule has 0 radical (unpaired) electrons. The minimum Gasteiger partial charge on any atom is -0.469 e. The maximum absolute atomic E-state index is 15.1. The third-order valence-corrected chi connectivity index (χ3v) is 25.1. The Kier molecular flexibility index (Phi) is 44.2. The van der Waals surface area contributed by atoms with Crippen molar-refractivity contribution in [3.8, 4) is 0 Å². The van der Waals surface area contributed by atoms with E-state index < -0.39 is 338 Å². The number of methoxy groups -OCH3 is 1. The van der Waals surface area contributed by atoms with Gasteiger partial charge in [-0.05, 0) is 101 Å². The lowest BCUT2D eigenvalue weighted by Crippen LogP contribution is -2.69. The summed E-state index contributed by atoms with van der Waals surface area (Å²) in [6.45, 7) is 13.1. The molecule has 47 atom stereocenters. The van der Waals surface area contributed by atoms with Crippen molar-refractivity contribution in [3.63, 3.8) is 0 Å². The second kappa shape index (κ2) is 51.5. The zero-order valence-electron chi connectivity index (χ0n) is 74.5. The number of esters is 4. The minimum absolute atomic E-state index is 0.0255. The third-order valence-electron chi connectivity index (χ3n) is 25.1. The summed E-state index contributed by atoms with van der Waals surface area (Å²) in [6, 6.07) is 0. The van der Waals surface area contributed by atoms with Crippen molar-refractivity contribution in [2.45, 2.75) is 461 Å². The molecular weight excluding hydrogens is 1720 g/mol. The second-order valence-electron chi connectivity index (χ2n) is 35.0.